The van der Waals surface area contributed by atoms with Crippen molar-refractivity contribution >= 4 is 0 Å². The molecule has 0 spiro atoms. The molecule has 0 aliphatic carbocycles. The molecule has 0 unspecified atom stereocenters. The molecule has 4 heteroatoms. The van der Waals surface area contributed by atoms with E-state index >= 15 is 0 Å². The monoisotopic (exact) mass is 161 g/mol. The summed E-state index contributed by atoms with van der Waals surface area (Å²) in [5, 5.41) is 3.18. The first-order valence-corrected chi connectivity index (χ1v) is 3.34. The molecule has 1 rings (SSSR count). The predicted octanol–water partition coefficient (Wildman–Crippen LogP) is 2.42. The Hall–Kier alpha value is -0.930. The third-order valence-corrected chi connectivity index (χ3v) is 1.50. The van der Waals surface area contributed by atoms with Gasteiger partial charge in [-0.3, -0.25) is 0 Å². The maximum Gasteiger partial charge on any atom is 0.295 e. The van der Waals surface area contributed by atoms with Gasteiger partial charge in [0.15, 0.2) is 5.69 Å². The second-order valence-corrected chi connectivity index (χ2v) is 2.66. The van der Waals surface area contributed by atoms with Crippen LogP contribution < -0.4 is 0 Å². The van der Waals surface area contributed by atoms with E-state index in [2.05, 4.69) is 9.68 Å². The molecule has 0 aliphatic heterocycles. The summed E-state index contributed by atoms with van der Waals surface area (Å²) in [6.07, 6.45) is 1.14. The van der Waals surface area contributed by atoms with Crippen LogP contribution in [0.5, 0.6) is 0 Å². The molecule has 62 valence electrons. The van der Waals surface area contributed by atoms with Crippen LogP contribution in [0.2, 0.25) is 0 Å². The average molecular weight is 161 g/mol. The Morgan fingerprint density at radius 2 is 2.18 bits per heavy atom. The molecule has 0 fully saturated rings. The molecular weight excluding hydrogens is 152 g/mol. The first-order chi connectivity index (χ1) is 5.05. The Morgan fingerprint density at radius 3 is 2.55 bits per heavy atom. The number of aromatic nitrogens is 1. The van der Waals surface area contributed by atoms with Gasteiger partial charge >= 0.3 is 0 Å². The van der Waals surface area contributed by atoms with Gasteiger partial charge in [0, 0.05) is 12.0 Å². The zero-order valence-electron chi connectivity index (χ0n) is 6.34. The highest BCUT2D eigenvalue weighted by molar-refractivity contribution is 5.05. The summed E-state index contributed by atoms with van der Waals surface area (Å²) >= 11 is 0. The normalized spacial score (nSPS) is 12.5. The van der Waals surface area contributed by atoms with Crippen LogP contribution in [0.1, 0.15) is 19.5 Å². The first-order valence-electron chi connectivity index (χ1n) is 3.34. The van der Waals surface area contributed by atoms with Crippen LogP contribution in [-0.4, -0.2) is 5.16 Å². The van der Waals surface area contributed by atoms with E-state index in [1.807, 2.05) is 0 Å². The fourth-order valence-corrected chi connectivity index (χ4v) is 0.680. The lowest BCUT2D eigenvalue weighted by Crippen LogP contribution is -2.21. The summed E-state index contributed by atoms with van der Waals surface area (Å²) in [4.78, 5) is 0. The lowest BCUT2D eigenvalue weighted by Gasteiger charge is -2.16. The van der Waals surface area contributed by atoms with E-state index in [-0.39, 0.29) is 5.69 Å². The third kappa shape index (κ3) is 1.39. The van der Waals surface area contributed by atoms with E-state index in [4.69, 9.17) is 0 Å². The summed E-state index contributed by atoms with van der Waals surface area (Å²) < 4.78 is 30.3. The van der Waals surface area contributed by atoms with Crippen molar-refractivity contribution in [3.8, 4) is 0 Å². The van der Waals surface area contributed by atoms with Gasteiger partial charge in [0.2, 0.25) is 0 Å². The van der Waals surface area contributed by atoms with Crippen LogP contribution in [-0.2, 0) is 5.92 Å². The number of hydrogen-bond donors (Lipinski definition) is 0. The molecule has 0 aliphatic rings. The second-order valence-electron chi connectivity index (χ2n) is 2.66. The Labute approximate surface area is 63.2 Å². The lowest BCUT2D eigenvalue weighted by atomic mass is 10.0. The van der Waals surface area contributed by atoms with Gasteiger partial charge in [-0.05, 0) is 0 Å². The molecule has 0 radical (unpaired) electrons. The van der Waals surface area contributed by atoms with Crippen molar-refractivity contribution in [2.45, 2.75) is 19.8 Å². The number of hydrogen-bond acceptors (Lipinski definition) is 2. The van der Waals surface area contributed by atoms with Crippen molar-refractivity contribution < 1.29 is 13.3 Å². The van der Waals surface area contributed by atoms with Gasteiger partial charge in [-0.1, -0.05) is 19.0 Å². The highest BCUT2D eigenvalue weighted by Crippen LogP contribution is 2.33. The Kier molecular flexibility index (Phi) is 1.93. The highest BCUT2D eigenvalue weighted by atomic mass is 19.3. The minimum Gasteiger partial charge on any atom is -0.364 e. The maximum absolute atomic E-state index is 13.0. The number of rotatable bonds is 2. The summed E-state index contributed by atoms with van der Waals surface area (Å²) in [6, 6.07) is 1.18. The zero-order valence-corrected chi connectivity index (χ0v) is 6.34. The quantitative estimate of drug-likeness (QED) is 0.665. The van der Waals surface area contributed by atoms with Crippen molar-refractivity contribution in [1.82, 2.24) is 5.16 Å². The van der Waals surface area contributed by atoms with Gasteiger partial charge in [-0.2, -0.15) is 8.78 Å². The number of nitrogens with zero attached hydrogens (tertiary/aromatic N) is 1. The average Bonchev–Trinajstić information content (AvgIpc) is 2.37. The molecule has 1 aromatic rings. The van der Waals surface area contributed by atoms with Gasteiger partial charge in [0.1, 0.15) is 6.26 Å². The molecular formula is C7H9F2NO. The number of alkyl halides is 2. The van der Waals surface area contributed by atoms with Crippen LogP contribution >= 0.6 is 0 Å². The minimum absolute atomic E-state index is 0.299. The van der Waals surface area contributed by atoms with Crippen molar-refractivity contribution in [3.63, 3.8) is 0 Å². The van der Waals surface area contributed by atoms with Crippen LogP contribution in [0.4, 0.5) is 8.78 Å². The number of halogens is 2. The van der Waals surface area contributed by atoms with E-state index in [0.29, 0.717) is 0 Å². The molecule has 1 aromatic heterocycles. The van der Waals surface area contributed by atoms with Gasteiger partial charge in [-0.15, -0.1) is 0 Å². The second kappa shape index (κ2) is 2.60. The third-order valence-electron chi connectivity index (χ3n) is 1.50. The molecule has 0 N–H and O–H groups in total. The molecule has 0 atom stereocenters. The van der Waals surface area contributed by atoms with Gasteiger partial charge in [0.05, 0.1) is 0 Å². The predicted molar refractivity (Wildman–Crippen MR) is 35.2 cm³/mol. The molecule has 0 saturated carbocycles. The summed E-state index contributed by atoms with van der Waals surface area (Å²) in [7, 11) is 0. The largest absolute Gasteiger partial charge is 0.364 e. The van der Waals surface area contributed by atoms with Crippen LogP contribution in [0, 0.1) is 5.92 Å². The van der Waals surface area contributed by atoms with Gasteiger partial charge < -0.3 is 4.52 Å². The Balaban J connectivity index is 2.90. The summed E-state index contributed by atoms with van der Waals surface area (Å²) in [5.41, 5.74) is -0.299. The summed E-state index contributed by atoms with van der Waals surface area (Å²) in [5.74, 6) is -3.64. The molecule has 0 amide bonds. The molecule has 0 aromatic carbocycles. The van der Waals surface area contributed by atoms with Crippen molar-refractivity contribution in [2.75, 3.05) is 0 Å². The molecule has 0 saturated heterocycles. The molecule has 1 heterocycles. The van der Waals surface area contributed by atoms with E-state index < -0.39 is 11.8 Å². The van der Waals surface area contributed by atoms with Crippen LogP contribution in [0.15, 0.2) is 16.9 Å². The van der Waals surface area contributed by atoms with E-state index in [9.17, 15) is 8.78 Å². The van der Waals surface area contributed by atoms with E-state index in [1.54, 1.807) is 0 Å². The fourth-order valence-electron chi connectivity index (χ4n) is 0.680. The lowest BCUT2D eigenvalue weighted by molar-refractivity contribution is -0.0576. The SMILES string of the molecule is CC(C)C(F)(F)c1ccon1. The smallest absolute Gasteiger partial charge is 0.295 e. The molecule has 11 heavy (non-hydrogen) atoms. The summed E-state index contributed by atoms with van der Waals surface area (Å²) in [6.45, 7) is 2.88. The van der Waals surface area contributed by atoms with Gasteiger partial charge in [-0.25, -0.2) is 0 Å². The fraction of sp³-hybridized carbons (Fsp3) is 0.571. The Morgan fingerprint density at radius 1 is 1.55 bits per heavy atom. The first kappa shape index (κ1) is 8.17. The van der Waals surface area contributed by atoms with Crippen LogP contribution in [0.3, 0.4) is 0 Å². The van der Waals surface area contributed by atoms with E-state index in [1.165, 1.54) is 19.9 Å². The van der Waals surface area contributed by atoms with E-state index in [0.717, 1.165) is 6.26 Å². The zero-order chi connectivity index (χ0) is 8.48. The standard InChI is InChI=1S/C7H9F2NO/c1-5(2)7(8,9)6-3-4-11-10-6/h3-5H,1-2H3. The van der Waals surface area contributed by atoms with Crippen molar-refractivity contribution in [1.29, 1.82) is 0 Å². The van der Waals surface area contributed by atoms with Gasteiger partial charge in [0.25, 0.3) is 5.92 Å². The van der Waals surface area contributed by atoms with Crippen molar-refractivity contribution in [2.24, 2.45) is 5.92 Å². The topological polar surface area (TPSA) is 26.0 Å². The molecule has 2 nitrogen and oxygen atoms in total. The minimum atomic E-state index is -2.88. The van der Waals surface area contributed by atoms with Crippen molar-refractivity contribution in [3.05, 3.63) is 18.0 Å². The Bertz CT molecular complexity index is 218. The van der Waals surface area contributed by atoms with Crippen LogP contribution in [0.25, 0.3) is 0 Å². The maximum atomic E-state index is 13.0. The highest BCUT2D eigenvalue weighted by Gasteiger charge is 2.38. The molecule has 0 bridgehead atoms.